The van der Waals surface area contributed by atoms with Crippen LogP contribution in [-0.2, 0) is 36.4 Å². The van der Waals surface area contributed by atoms with Gasteiger partial charge in [0.15, 0.2) is 18.4 Å². The molecule has 47 heavy (non-hydrogen) atoms. The van der Waals surface area contributed by atoms with Crippen molar-refractivity contribution in [2.24, 2.45) is 4.99 Å². The van der Waals surface area contributed by atoms with Crippen LogP contribution in [0.1, 0.15) is 41.5 Å². The zero-order chi connectivity index (χ0) is 36.2. The van der Waals surface area contributed by atoms with Crippen molar-refractivity contribution >= 4 is 41.7 Å². The number of aliphatic imine (C=N–C) groups is 1. The third-order valence-electron chi connectivity index (χ3n) is 6.96. The molecule has 276 valence electrons. The van der Waals surface area contributed by atoms with Gasteiger partial charge >= 0.3 is 29.5 Å². The largest absolute Gasteiger partial charge is 0.490 e. The highest BCUT2D eigenvalue weighted by Gasteiger charge is 2.52. The minimum atomic E-state index is -5.75. The molecule has 5 unspecified atom stereocenters. The van der Waals surface area contributed by atoms with Crippen LogP contribution in [0.15, 0.2) is 4.99 Å². The van der Waals surface area contributed by atoms with Crippen molar-refractivity contribution < 1.29 is 71.0 Å². The van der Waals surface area contributed by atoms with Crippen LogP contribution >= 0.6 is 23.5 Å². The molecule has 3 amide bonds. The molecule has 3 aliphatic rings. The van der Waals surface area contributed by atoms with E-state index in [4.69, 9.17) is 19.4 Å². The molecule has 3 rings (SSSR count). The fourth-order valence-corrected chi connectivity index (χ4v) is 7.40. The minimum Gasteiger partial charge on any atom is -0.387 e. The number of carbonyl (C=O) groups is 2. The molecule has 0 saturated carbocycles. The third kappa shape index (κ3) is 14.4. The Balaban J connectivity index is 0.000000658. The van der Waals surface area contributed by atoms with E-state index in [-0.39, 0.29) is 0 Å². The fourth-order valence-electron chi connectivity index (χ4n) is 4.37. The summed E-state index contributed by atoms with van der Waals surface area (Å²) in [6.45, 7) is 19.2. The molecule has 0 radical (unpaired) electrons. The number of urea groups is 1. The van der Waals surface area contributed by atoms with Gasteiger partial charge in [-0.2, -0.15) is 8.62 Å². The van der Waals surface area contributed by atoms with Gasteiger partial charge < -0.3 is 54.5 Å². The van der Waals surface area contributed by atoms with Crippen molar-refractivity contribution in [1.29, 1.82) is 0 Å². The summed E-state index contributed by atoms with van der Waals surface area (Å²) in [7, 11) is -16.8. The van der Waals surface area contributed by atoms with E-state index < -0.39 is 78.8 Å². The van der Waals surface area contributed by atoms with Crippen molar-refractivity contribution in [3.05, 3.63) is 0 Å². The molecule has 3 heterocycles. The van der Waals surface area contributed by atoms with Crippen LogP contribution in [0.4, 0.5) is 4.79 Å². The lowest BCUT2D eigenvalue weighted by atomic mass is 10.1. The molecule has 2 saturated heterocycles. The summed E-state index contributed by atoms with van der Waals surface area (Å²) in [4.78, 5) is 69.1. The van der Waals surface area contributed by atoms with Crippen molar-refractivity contribution in [3.63, 3.8) is 0 Å². The van der Waals surface area contributed by atoms with Crippen LogP contribution in [0.3, 0.4) is 0 Å². The Morgan fingerprint density at radius 1 is 0.830 bits per heavy atom. The SMILES string of the molecule is CCN(CC)CC.CCN(CC)CC.O=C1NNC(=O)C2C(N=CN2C2O[C@H](COP(=O)(O)OP(=O)(O)OP(=O)(O)O)[C@@H](O)[C@H]2O)N1. The van der Waals surface area contributed by atoms with E-state index >= 15 is 0 Å². The summed E-state index contributed by atoms with van der Waals surface area (Å²) in [6, 6.07) is -1.98. The molecule has 0 spiro atoms. The van der Waals surface area contributed by atoms with Gasteiger partial charge in [-0.25, -0.2) is 28.9 Å². The van der Waals surface area contributed by atoms with Gasteiger partial charge in [0.05, 0.1) is 12.9 Å². The number of hydrazine groups is 1. The Morgan fingerprint density at radius 2 is 1.34 bits per heavy atom. The number of hydrogen-bond acceptors (Lipinski definition) is 15. The second-order valence-corrected chi connectivity index (χ2v) is 14.3. The molecule has 8 atom stereocenters. The monoisotopic (exact) mass is 743 g/mol. The number of aliphatic hydroxyl groups excluding tert-OH is 2. The average Bonchev–Trinajstić information content (AvgIpc) is 3.46. The summed E-state index contributed by atoms with van der Waals surface area (Å²) in [6.07, 6.45) is -6.56. The normalized spacial score (nSPS) is 28.1. The maximum atomic E-state index is 12.3. The lowest BCUT2D eigenvalue weighted by molar-refractivity contribution is -0.132. The van der Waals surface area contributed by atoms with Crippen molar-refractivity contribution in [2.45, 2.75) is 78.3 Å². The molecule has 3 aliphatic heterocycles. The number of hydrogen-bond donors (Lipinski definition) is 9. The van der Waals surface area contributed by atoms with E-state index in [0.29, 0.717) is 0 Å². The highest BCUT2D eigenvalue weighted by atomic mass is 31.3. The number of nitrogens with zero attached hydrogens (tertiary/aromatic N) is 4. The quantitative estimate of drug-likeness (QED) is 0.0949. The van der Waals surface area contributed by atoms with E-state index in [1.165, 1.54) is 39.3 Å². The number of aliphatic hydroxyl groups is 2. The molecule has 2 fully saturated rings. The van der Waals surface area contributed by atoms with Crippen LogP contribution in [0.5, 0.6) is 0 Å². The van der Waals surface area contributed by atoms with E-state index in [0.717, 1.165) is 11.2 Å². The lowest BCUT2D eigenvalue weighted by Gasteiger charge is -2.31. The summed E-state index contributed by atoms with van der Waals surface area (Å²) in [5.74, 6) is -0.752. The Hall–Kier alpha value is -1.58. The summed E-state index contributed by atoms with van der Waals surface area (Å²) < 4.78 is 50.6. The van der Waals surface area contributed by atoms with Crippen LogP contribution in [-0.4, -0.2) is 145 Å². The lowest BCUT2D eigenvalue weighted by Crippen LogP contribution is -2.56. The molecule has 22 nitrogen and oxygen atoms in total. The van der Waals surface area contributed by atoms with Crippen molar-refractivity contribution in [1.82, 2.24) is 30.9 Å². The molecule has 0 bridgehead atoms. The summed E-state index contributed by atoms with van der Waals surface area (Å²) in [5, 5.41) is 22.8. The van der Waals surface area contributed by atoms with Gasteiger partial charge in [-0.15, -0.1) is 0 Å². The molecule has 0 aromatic carbocycles. The summed E-state index contributed by atoms with van der Waals surface area (Å²) >= 11 is 0. The van der Waals surface area contributed by atoms with Crippen LogP contribution < -0.4 is 16.2 Å². The number of fused-ring (bicyclic) bond motifs is 1. The van der Waals surface area contributed by atoms with Gasteiger partial charge in [0.1, 0.15) is 18.3 Å². The minimum absolute atomic E-state index is 0.752. The van der Waals surface area contributed by atoms with Gasteiger partial charge in [0, 0.05) is 0 Å². The Labute approximate surface area is 272 Å². The van der Waals surface area contributed by atoms with Crippen molar-refractivity contribution in [3.8, 4) is 0 Å². The first-order chi connectivity index (χ1) is 21.8. The molecule has 0 aliphatic carbocycles. The van der Waals surface area contributed by atoms with Crippen LogP contribution in [0, 0.1) is 0 Å². The van der Waals surface area contributed by atoms with Gasteiger partial charge in [0.25, 0.3) is 5.91 Å². The Morgan fingerprint density at radius 3 is 1.79 bits per heavy atom. The average molecular weight is 744 g/mol. The maximum absolute atomic E-state index is 12.3. The maximum Gasteiger partial charge on any atom is 0.490 e. The smallest absolute Gasteiger partial charge is 0.387 e. The van der Waals surface area contributed by atoms with E-state index in [2.05, 4.69) is 80.2 Å². The predicted molar refractivity (Wildman–Crippen MR) is 165 cm³/mol. The highest BCUT2D eigenvalue weighted by molar-refractivity contribution is 7.66. The number of carbonyl (C=O) groups excluding carboxylic acids is 2. The Kier molecular flexibility index (Phi) is 18.1. The number of ether oxygens (including phenoxy) is 1. The molecular formula is C22H48N7O15P3. The van der Waals surface area contributed by atoms with Gasteiger partial charge in [-0.1, -0.05) is 41.5 Å². The van der Waals surface area contributed by atoms with E-state index in [1.807, 2.05) is 5.43 Å². The Bertz CT molecular complexity index is 1150. The number of rotatable bonds is 14. The predicted octanol–water partition coefficient (Wildman–Crippen LogP) is -1.14. The van der Waals surface area contributed by atoms with E-state index in [1.54, 1.807) is 0 Å². The number of nitrogens with one attached hydrogen (secondary N) is 3. The van der Waals surface area contributed by atoms with Crippen LogP contribution in [0.25, 0.3) is 0 Å². The van der Waals surface area contributed by atoms with Crippen LogP contribution in [0.2, 0.25) is 0 Å². The van der Waals surface area contributed by atoms with Crippen molar-refractivity contribution in [2.75, 3.05) is 45.9 Å². The standard InChI is InChI=1S/C10H18N5O15P3.2C6H15N/c16-5-3(1-27-32(23,24)30-33(25,26)29-31(20,21)22)28-9(6(5)17)15-2-11-7-4(15)8(18)13-14-10(19)12-7;2*1-4-7(5-2)6-3/h2-7,9,16-17H,1H2,(H,13,18)(H,23,24)(H,25,26)(H2,12,14,19)(H2,20,21,22);2*4-6H2,1-3H3/t3-,4?,5-,6-,7?,9?;;/m1../s1. The second-order valence-electron chi connectivity index (χ2n) is 9.86. The zero-order valence-corrected chi connectivity index (χ0v) is 29.7. The number of amides is 3. The van der Waals surface area contributed by atoms with Gasteiger partial charge in [-0.05, 0) is 39.3 Å². The highest BCUT2D eigenvalue weighted by Crippen LogP contribution is 2.66. The molecule has 9 N–H and O–H groups in total. The first kappa shape index (κ1) is 43.4. The molecule has 0 aromatic rings. The first-order valence-corrected chi connectivity index (χ1v) is 19.2. The second kappa shape index (κ2) is 19.6. The molecular weight excluding hydrogens is 695 g/mol. The topological polar surface area (TPSA) is 302 Å². The number of phosphoric ester groups is 1. The number of phosphoric acid groups is 3. The zero-order valence-electron chi connectivity index (χ0n) is 27.0. The van der Waals surface area contributed by atoms with Gasteiger partial charge in [0.2, 0.25) is 0 Å². The van der Waals surface area contributed by atoms with E-state index in [9.17, 15) is 38.4 Å². The third-order valence-corrected chi connectivity index (χ3v) is 10.8. The van der Waals surface area contributed by atoms with Gasteiger partial charge in [-0.3, -0.25) is 14.7 Å². The fraction of sp³-hybridized carbons (Fsp3) is 0.864. The first-order valence-electron chi connectivity index (χ1n) is 14.7. The molecule has 0 aromatic heterocycles. The summed E-state index contributed by atoms with van der Waals surface area (Å²) in [5.41, 5.74) is 4.12. The molecule has 25 heteroatoms.